The minimum absolute atomic E-state index is 0.0589. The van der Waals surface area contributed by atoms with Crippen molar-refractivity contribution < 1.29 is 33.6 Å². The molecule has 2 aliphatic rings. The van der Waals surface area contributed by atoms with Crippen molar-refractivity contribution in [1.29, 1.82) is 0 Å². The third kappa shape index (κ3) is 9.88. The van der Waals surface area contributed by atoms with Crippen LogP contribution in [0.4, 0.5) is 0 Å². The third-order valence-corrected chi connectivity index (χ3v) is 6.63. The lowest BCUT2D eigenvalue weighted by Gasteiger charge is -2.39. The number of allylic oxidation sites excluding steroid dienone is 2. The van der Waals surface area contributed by atoms with Crippen molar-refractivity contribution in [1.82, 2.24) is 5.32 Å². The molecule has 8 unspecified atom stereocenters. The van der Waals surface area contributed by atoms with Crippen LogP contribution in [0.3, 0.4) is 0 Å². The van der Waals surface area contributed by atoms with Crippen molar-refractivity contribution in [2.45, 2.75) is 90.4 Å². The average Bonchev–Trinajstić information content (AvgIpc) is 2.79. The normalized spacial score (nSPS) is 33.1. The van der Waals surface area contributed by atoms with Gasteiger partial charge in [0, 0.05) is 32.6 Å². The van der Waals surface area contributed by atoms with Crippen molar-refractivity contribution >= 4 is 11.9 Å². The number of methoxy groups -OCH3 is 1. The van der Waals surface area contributed by atoms with Gasteiger partial charge in [-0.25, -0.2) is 0 Å². The Balaban J connectivity index is 1.83. The van der Waals surface area contributed by atoms with Crippen LogP contribution in [0.2, 0.25) is 0 Å². The van der Waals surface area contributed by atoms with E-state index < -0.39 is 12.2 Å². The highest BCUT2D eigenvalue weighted by Gasteiger charge is 2.34. The summed E-state index contributed by atoms with van der Waals surface area (Å²) in [6, 6.07) is -0.0858. The van der Waals surface area contributed by atoms with E-state index in [9.17, 15) is 14.7 Å². The third-order valence-electron chi connectivity index (χ3n) is 6.63. The Morgan fingerprint density at radius 3 is 2.66 bits per heavy atom. The highest BCUT2D eigenvalue weighted by molar-refractivity contribution is 5.87. The van der Waals surface area contributed by atoms with Crippen LogP contribution in [0, 0.1) is 11.8 Å². The average molecular weight is 494 g/mol. The Hall–Kier alpha value is -2.00. The molecule has 8 nitrogen and oxygen atoms in total. The Kier molecular flexibility index (Phi) is 12.1. The summed E-state index contributed by atoms with van der Waals surface area (Å²) in [5.74, 6) is -0.249. The molecule has 8 atom stereocenters. The highest BCUT2D eigenvalue weighted by Crippen LogP contribution is 2.28. The van der Waals surface area contributed by atoms with E-state index in [-0.39, 0.29) is 48.1 Å². The van der Waals surface area contributed by atoms with Gasteiger partial charge in [0.15, 0.2) is 0 Å². The quantitative estimate of drug-likeness (QED) is 0.274. The molecule has 2 rings (SSSR count). The smallest absolute Gasteiger partial charge is 0.303 e. The Labute approximate surface area is 209 Å². The first-order valence-corrected chi connectivity index (χ1v) is 12.6. The van der Waals surface area contributed by atoms with Crippen molar-refractivity contribution in [2.75, 3.05) is 20.3 Å². The van der Waals surface area contributed by atoms with Gasteiger partial charge in [-0.3, -0.25) is 9.59 Å². The van der Waals surface area contributed by atoms with Gasteiger partial charge < -0.3 is 29.4 Å². The molecule has 2 heterocycles. The molecular weight excluding hydrogens is 450 g/mol. The number of rotatable bonds is 10. The highest BCUT2D eigenvalue weighted by atomic mass is 16.5. The van der Waals surface area contributed by atoms with Crippen molar-refractivity contribution in [3.8, 4) is 0 Å². The molecule has 8 heteroatoms. The zero-order valence-electron chi connectivity index (χ0n) is 21.9. The Bertz CT molecular complexity index is 775. The van der Waals surface area contributed by atoms with E-state index in [1.807, 2.05) is 26.0 Å². The van der Waals surface area contributed by atoms with E-state index in [0.29, 0.717) is 13.2 Å². The second-order valence-electron chi connectivity index (χ2n) is 9.75. The number of hydrogen-bond donors (Lipinski definition) is 2. The number of carbonyl (C=O) groups excluding carboxylic acids is 2. The molecule has 2 saturated heterocycles. The number of carbonyl (C=O) groups is 2. The maximum Gasteiger partial charge on any atom is 0.303 e. The summed E-state index contributed by atoms with van der Waals surface area (Å²) < 4.78 is 22.2. The van der Waals surface area contributed by atoms with E-state index in [1.54, 1.807) is 20.1 Å². The van der Waals surface area contributed by atoms with Crippen LogP contribution in [0.5, 0.6) is 0 Å². The SMILES string of the molecule is COCC1CCOC(/C=C/C(C)=C/CC2OC(C)C(NC(=O)/C=C\C(C)OC(C)=O)CC2C)C1O. The van der Waals surface area contributed by atoms with E-state index >= 15 is 0 Å². The number of aliphatic hydroxyl groups is 1. The van der Waals surface area contributed by atoms with Gasteiger partial charge in [0.05, 0.1) is 31.0 Å². The summed E-state index contributed by atoms with van der Waals surface area (Å²) in [6.07, 6.45) is 10.0. The molecular formula is C27H43NO7. The van der Waals surface area contributed by atoms with Crippen molar-refractivity contribution in [3.63, 3.8) is 0 Å². The van der Waals surface area contributed by atoms with Crippen LogP contribution in [0.25, 0.3) is 0 Å². The van der Waals surface area contributed by atoms with E-state index in [0.717, 1.165) is 24.8 Å². The predicted octanol–water partition coefficient (Wildman–Crippen LogP) is 3.10. The van der Waals surface area contributed by atoms with Gasteiger partial charge >= 0.3 is 5.97 Å². The number of ether oxygens (including phenoxy) is 4. The Morgan fingerprint density at radius 2 is 1.97 bits per heavy atom. The fraction of sp³-hybridized carbons (Fsp3) is 0.704. The van der Waals surface area contributed by atoms with Crippen LogP contribution in [-0.2, 0) is 28.5 Å². The minimum atomic E-state index is -0.567. The van der Waals surface area contributed by atoms with Crippen LogP contribution >= 0.6 is 0 Å². The maximum absolute atomic E-state index is 12.3. The van der Waals surface area contributed by atoms with E-state index in [4.69, 9.17) is 18.9 Å². The van der Waals surface area contributed by atoms with Crippen LogP contribution in [-0.4, -0.2) is 73.9 Å². The molecule has 0 aliphatic carbocycles. The monoisotopic (exact) mass is 493 g/mol. The molecule has 0 aromatic rings. The number of aliphatic hydroxyl groups excluding tert-OH is 1. The first-order chi connectivity index (χ1) is 16.6. The van der Waals surface area contributed by atoms with Crippen LogP contribution < -0.4 is 5.32 Å². The fourth-order valence-corrected chi connectivity index (χ4v) is 4.54. The zero-order valence-corrected chi connectivity index (χ0v) is 21.9. The molecule has 198 valence electrons. The molecule has 35 heavy (non-hydrogen) atoms. The zero-order chi connectivity index (χ0) is 26.0. The first kappa shape index (κ1) is 29.2. The topological polar surface area (TPSA) is 103 Å². The number of hydrogen-bond acceptors (Lipinski definition) is 7. The van der Waals surface area contributed by atoms with Gasteiger partial charge in [0.1, 0.15) is 12.2 Å². The second kappa shape index (κ2) is 14.5. The fourth-order valence-electron chi connectivity index (χ4n) is 4.54. The first-order valence-electron chi connectivity index (χ1n) is 12.6. The molecule has 0 spiro atoms. The molecule has 2 aliphatic heterocycles. The second-order valence-corrected chi connectivity index (χ2v) is 9.75. The van der Waals surface area contributed by atoms with E-state index in [1.165, 1.54) is 13.0 Å². The largest absolute Gasteiger partial charge is 0.459 e. The summed E-state index contributed by atoms with van der Waals surface area (Å²) >= 11 is 0. The van der Waals surface area contributed by atoms with Gasteiger partial charge in [-0.15, -0.1) is 0 Å². The van der Waals surface area contributed by atoms with Gasteiger partial charge in [0.25, 0.3) is 0 Å². The summed E-state index contributed by atoms with van der Waals surface area (Å²) in [7, 11) is 1.65. The Morgan fingerprint density at radius 1 is 1.23 bits per heavy atom. The number of nitrogens with one attached hydrogen (secondary N) is 1. The van der Waals surface area contributed by atoms with Crippen molar-refractivity contribution in [3.05, 3.63) is 36.0 Å². The molecule has 0 aromatic carbocycles. The molecule has 0 saturated carbocycles. The van der Waals surface area contributed by atoms with E-state index in [2.05, 4.69) is 18.3 Å². The molecule has 0 bridgehead atoms. The van der Waals surface area contributed by atoms with Crippen molar-refractivity contribution in [2.24, 2.45) is 11.8 Å². The standard InChI is InChI=1S/C27H43NO7/c1-17(8-11-25-27(31)22(16-32-6)13-14-33-25)7-10-24-18(2)15-23(20(4)35-24)28-26(30)12-9-19(3)34-21(5)29/h7-9,11-12,18-20,22-25,27,31H,10,13-16H2,1-6H3,(H,28,30)/b11-8+,12-9-,17-7+. The summed E-state index contributed by atoms with van der Waals surface area (Å²) in [6.45, 7) is 10.3. The molecule has 2 fully saturated rings. The van der Waals surface area contributed by atoms with Crippen LogP contribution in [0.1, 0.15) is 53.9 Å². The molecule has 1 amide bonds. The van der Waals surface area contributed by atoms with Gasteiger partial charge in [-0.05, 0) is 52.0 Å². The van der Waals surface area contributed by atoms with Gasteiger partial charge in [0.2, 0.25) is 5.91 Å². The molecule has 2 N–H and O–H groups in total. The van der Waals surface area contributed by atoms with Gasteiger partial charge in [-0.1, -0.05) is 30.7 Å². The minimum Gasteiger partial charge on any atom is -0.459 e. The lowest BCUT2D eigenvalue weighted by atomic mass is 9.88. The maximum atomic E-state index is 12.3. The van der Waals surface area contributed by atoms with Gasteiger partial charge in [-0.2, -0.15) is 0 Å². The summed E-state index contributed by atoms with van der Waals surface area (Å²) in [5.41, 5.74) is 1.08. The summed E-state index contributed by atoms with van der Waals surface area (Å²) in [5, 5.41) is 13.5. The lowest BCUT2D eigenvalue weighted by molar-refractivity contribution is -0.143. The summed E-state index contributed by atoms with van der Waals surface area (Å²) in [4.78, 5) is 23.3. The lowest BCUT2D eigenvalue weighted by Crippen LogP contribution is -2.50. The molecule has 0 aromatic heterocycles. The number of esters is 1. The predicted molar refractivity (Wildman–Crippen MR) is 134 cm³/mol. The van der Waals surface area contributed by atoms with Crippen LogP contribution in [0.15, 0.2) is 36.0 Å². The number of amides is 1. The molecule has 0 radical (unpaired) electrons.